The average Bonchev–Trinajstić information content (AvgIpc) is 1.62. The van der Waals surface area contributed by atoms with Gasteiger partial charge in [0.1, 0.15) is 12.4 Å². The van der Waals surface area contributed by atoms with E-state index in [1.165, 1.54) is 10.5 Å². The molecule has 8 N–H and O–H groups in total. The molecule has 4 atom stereocenters. The number of anilines is 4. The quantitative estimate of drug-likeness (QED) is 0.0338. The zero-order valence-corrected chi connectivity index (χ0v) is 74.3. The van der Waals surface area contributed by atoms with Gasteiger partial charge in [-0.15, -0.1) is 0 Å². The lowest BCUT2D eigenvalue weighted by atomic mass is 9.76. The fourth-order valence-corrected chi connectivity index (χ4v) is 16.5. The first kappa shape index (κ1) is 86.9. The number of methoxy groups -OCH3 is 1. The topological polar surface area (TPSA) is 476 Å². The van der Waals surface area contributed by atoms with E-state index < -0.39 is 0 Å². The Labute approximate surface area is 754 Å². The largest absolute Gasteiger partial charge is 0.383 e. The van der Waals surface area contributed by atoms with Crippen LogP contribution in [-0.4, -0.2) is 197 Å². The number of carbonyl (C=O) groups excluding carboxylic acids is 1. The first-order chi connectivity index (χ1) is 63.5. The Kier molecular flexibility index (Phi) is 24.3. The van der Waals surface area contributed by atoms with Crippen molar-refractivity contribution in [2.24, 2.45) is 23.7 Å². The number of nitrogens with two attached hydrogens (primary N) is 4. The van der Waals surface area contributed by atoms with Gasteiger partial charge in [0.25, 0.3) is 23.6 Å². The van der Waals surface area contributed by atoms with Crippen LogP contribution in [-0.2, 0) is 55.6 Å². The molecule has 4 aromatic carbocycles. The van der Waals surface area contributed by atoms with Crippen molar-refractivity contribution < 1.29 is 32.4 Å². The second-order valence-electron chi connectivity index (χ2n) is 35.1. The van der Waals surface area contributed by atoms with E-state index in [-0.39, 0.29) is 58.0 Å². The van der Waals surface area contributed by atoms with Crippen LogP contribution in [0.4, 0.5) is 23.7 Å². The molecule has 37 heteroatoms. The summed E-state index contributed by atoms with van der Waals surface area (Å²) in [5.74, 6) is 7.65. The second-order valence-corrected chi connectivity index (χ2v) is 35.1. The van der Waals surface area contributed by atoms with Gasteiger partial charge in [0, 0.05) is 112 Å². The van der Waals surface area contributed by atoms with Crippen LogP contribution in [0.3, 0.4) is 0 Å². The number of carbonyl (C=O) groups is 1. The Bertz CT molecular complexity index is 6550. The number of ether oxygens (including phenoxy) is 2. The van der Waals surface area contributed by atoms with E-state index in [0.29, 0.717) is 108 Å². The maximum atomic E-state index is 12.0. The number of likely N-dealkylation sites (N-methyl/N-ethyl adjacent to an activating group) is 2. The number of nitrogens with zero attached hydrogens (tertiary/aromatic N) is 26. The van der Waals surface area contributed by atoms with Crippen molar-refractivity contribution in [2.45, 2.75) is 126 Å². The first-order valence-corrected chi connectivity index (χ1v) is 43.6. The van der Waals surface area contributed by atoms with Crippen LogP contribution in [0.25, 0.3) is 90.5 Å². The smallest absolute Gasteiger partial charge is 0.261 e. The number of hydrogen-bond acceptors (Lipinski definition) is 32. The van der Waals surface area contributed by atoms with Crippen molar-refractivity contribution in [3.8, 4) is 90.5 Å². The van der Waals surface area contributed by atoms with Gasteiger partial charge in [0.05, 0.1) is 126 Å². The Morgan fingerprint density at radius 1 is 0.389 bits per heavy atom. The van der Waals surface area contributed by atoms with E-state index >= 15 is 0 Å². The van der Waals surface area contributed by atoms with Gasteiger partial charge < -0.3 is 60.3 Å². The summed E-state index contributed by atoms with van der Waals surface area (Å²) in [5.41, 5.74) is 36.5. The molecule has 4 aliphatic carbocycles. The predicted octanol–water partition coefficient (Wildman–Crippen LogP) is 12.6. The highest BCUT2D eigenvalue weighted by atomic mass is 16.5. The molecule has 37 nitrogen and oxygen atoms in total. The van der Waals surface area contributed by atoms with Crippen molar-refractivity contribution >= 4 is 29.6 Å². The predicted molar refractivity (Wildman–Crippen MR) is 485 cm³/mol. The fourth-order valence-electron chi connectivity index (χ4n) is 16.5. The van der Waals surface area contributed by atoms with Crippen LogP contribution >= 0.6 is 0 Å². The summed E-state index contributed by atoms with van der Waals surface area (Å²) < 4.78 is 40.2. The molecule has 4 saturated carbocycles. The van der Waals surface area contributed by atoms with Gasteiger partial charge in [-0.3, -0.25) is 28.5 Å². The summed E-state index contributed by atoms with van der Waals surface area (Å²) in [6, 6.07) is 33.8. The third kappa shape index (κ3) is 18.8. The lowest BCUT2D eigenvalue weighted by Crippen LogP contribution is -2.30. The van der Waals surface area contributed by atoms with Gasteiger partial charge in [-0.1, -0.05) is 118 Å². The van der Waals surface area contributed by atoms with Crippen molar-refractivity contribution in [3.63, 3.8) is 0 Å². The molecule has 131 heavy (non-hydrogen) atoms. The first-order valence-electron chi connectivity index (χ1n) is 43.6. The third-order valence-electron chi connectivity index (χ3n) is 25.6. The van der Waals surface area contributed by atoms with Crippen LogP contribution in [0.1, 0.15) is 131 Å². The molecule has 1 saturated heterocycles. The number of nitrogen functional groups attached to an aromatic ring is 4. The summed E-state index contributed by atoms with van der Waals surface area (Å²) in [7, 11) is 9.19. The van der Waals surface area contributed by atoms with Crippen LogP contribution in [0.15, 0.2) is 214 Å². The molecule has 1 amide bonds. The zero-order valence-electron chi connectivity index (χ0n) is 74.3. The lowest BCUT2D eigenvalue weighted by Gasteiger charge is -2.27. The van der Waals surface area contributed by atoms with E-state index in [9.17, 15) is 4.79 Å². The molecule has 21 rings (SSSR count). The minimum Gasteiger partial charge on any atom is -0.383 e. The van der Waals surface area contributed by atoms with Crippen molar-refractivity contribution in [2.75, 3.05) is 84.6 Å². The van der Waals surface area contributed by atoms with E-state index in [1.807, 2.05) is 58.9 Å². The summed E-state index contributed by atoms with van der Waals surface area (Å²) in [5, 5.41) is 35.0. The Balaban J connectivity index is 0.000000117. The number of rotatable bonds is 29. The SMILES string of the molecule is CN(C)C(=O)Cn1cc(-c2nc([C@@](C)(c3ccc(-c4cnc(N)cn4)cc3)C3CC3)no2)cn1.CN(C)CCn1cc(-c2nc([C@@](C)(c3ccc(-c4cnc(N)nc4)cc3)C3CC3)no2)cn1.COCCn1cc(-c2nc([C@@](C)(c3ccc(-c4cnc(N)nc4)cc3)C3CC3)no2)cn1.C[C@@](c1ccc(-c2cnc(N)nc2)cc1)(c1noc(-c2cnn(C3COC3)c2)n1)C1CC1. The van der Waals surface area contributed by atoms with Crippen molar-refractivity contribution in [1.29, 1.82) is 0 Å². The summed E-state index contributed by atoms with van der Waals surface area (Å²) in [6.45, 7) is 13.3. The molecule has 16 aromatic rings. The van der Waals surface area contributed by atoms with Gasteiger partial charge in [-0.2, -0.15) is 40.3 Å². The molecule has 13 heterocycles. The molecule has 0 spiro atoms. The maximum Gasteiger partial charge on any atom is 0.261 e. The third-order valence-corrected chi connectivity index (χ3v) is 25.6. The molecule has 0 unspecified atom stereocenters. The highest BCUT2D eigenvalue weighted by Gasteiger charge is 2.51. The van der Waals surface area contributed by atoms with Crippen LogP contribution in [0.5, 0.6) is 0 Å². The van der Waals surface area contributed by atoms with E-state index in [4.69, 9.17) is 70.4 Å². The number of hydrogen-bond donors (Lipinski definition) is 4. The Morgan fingerprint density at radius 2 is 0.725 bits per heavy atom. The number of benzene rings is 4. The van der Waals surface area contributed by atoms with Crippen LogP contribution in [0.2, 0.25) is 0 Å². The minimum atomic E-state index is -0.385. The molecule has 5 fully saturated rings. The Morgan fingerprint density at radius 3 is 1.05 bits per heavy atom. The van der Waals surface area contributed by atoms with Crippen LogP contribution in [0, 0.1) is 23.7 Å². The highest BCUT2D eigenvalue weighted by Crippen LogP contribution is 2.55. The molecule has 1 aliphatic heterocycles. The molecular weight excluding hydrogens is 1660 g/mol. The number of amides is 1. The standard InChI is InChI=1S/C24H26N8O2.C24H28N8O.C23H23N7O2.C23H25N7O2/c1-24(18-8-9-18,17-6-4-15(5-7-17)19-11-27-20(25)12-26-19)23-29-22(34-30-23)16-10-28-32(13-16)14-21(33)31(2)3;1-24(20-8-9-20,19-6-4-16(5-7-19)17-12-26-23(25)27-13-17)22-29-21(33-30-22)18-14-28-32(15-18)11-10-31(2)3;1-23(18-6-7-18,17-4-2-14(3-5-17)15-8-25-22(24)26-9-15)21-28-20(32-29-21)16-10-27-30(11-16)19-12-31-13-19;1-23(19-7-8-19,18-5-3-15(4-6-18)16-11-25-22(24)26-12-16)21-28-20(32-29-21)17-13-27-30(14-17)9-10-31-2/h4-7,10-13,18H,8-9,14H2,1-3H3,(H2,25,27);4-7,12-15,20H,8-11H2,1-3H3,(H2,25,26,27);2-5,8-11,18-19H,6-7,12-13H2,1H3,(H2,24,25,26);3-6,11-14,19H,7-10H2,1-2H3,(H2,24,25,26)/t2*24-;2*23-/m0000/s1. The zero-order chi connectivity index (χ0) is 90.7. The van der Waals surface area contributed by atoms with Gasteiger partial charge >= 0.3 is 0 Å². The summed E-state index contributed by atoms with van der Waals surface area (Å²) in [4.78, 5) is 67.7. The molecule has 0 bridgehead atoms. The van der Waals surface area contributed by atoms with Gasteiger partial charge in [0.15, 0.2) is 23.3 Å². The highest BCUT2D eigenvalue weighted by molar-refractivity contribution is 5.75. The van der Waals surface area contributed by atoms with Gasteiger partial charge in [0.2, 0.25) is 23.8 Å². The molecule has 0 radical (unpaired) electrons. The van der Waals surface area contributed by atoms with E-state index in [2.05, 4.69) is 198 Å². The molecule has 670 valence electrons. The molecule has 12 aromatic heterocycles. The van der Waals surface area contributed by atoms with E-state index in [0.717, 1.165) is 142 Å². The maximum absolute atomic E-state index is 12.0. The van der Waals surface area contributed by atoms with Gasteiger partial charge in [-0.05, 0) is 156 Å². The molecular formula is C94H102N30O7. The monoisotopic (exact) mass is 1760 g/mol. The van der Waals surface area contributed by atoms with E-state index in [1.54, 1.807) is 106 Å². The van der Waals surface area contributed by atoms with Gasteiger partial charge in [-0.25, -0.2) is 34.9 Å². The average molecular weight is 1760 g/mol. The van der Waals surface area contributed by atoms with Crippen molar-refractivity contribution in [1.82, 2.24) is 129 Å². The fraction of sp³-hybridized carbons (Fsp3) is 0.351. The lowest BCUT2D eigenvalue weighted by molar-refractivity contribution is -0.129. The normalized spacial score (nSPS) is 16.1. The number of aromatic nitrogens is 24. The molecule has 5 aliphatic rings. The Hall–Kier alpha value is -14.9. The van der Waals surface area contributed by atoms with Crippen molar-refractivity contribution in [3.05, 3.63) is 242 Å². The second kappa shape index (κ2) is 36.7. The minimum absolute atomic E-state index is 0.0458. The summed E-state index contributed by atoms with van der Waals surface area (Å²) >= 11 is 0. The van der Waals surface area contributed by atoms with Crippen LogP contribution < -0.4 is 22.9 Å². The summed E-state index contributed by atoms with van der Waals surface area (Å²) in [6.07, 6.45) is 37.2.